The van der Waals surface area contributed by atoms with E-state index in [-0.39, 0.29) is 6.09 Å². The number of hydrogen-bond acceptors (Lipinski definition) is 7. The maximum absolute atomic E-state index is 13.1. The lowest BCUT2D eigenvalue weighted by molar-refractivity contribution is 0.0189. The molecule has 0 aliphatic rings. The highest BCUT2D eigenvalue weighted by molar-refractivity contribution is 5.69. The predicted octanol–water partition coefficient (Wildman–Crippen LogP) is 6.53. The Morgan fingerprint density at radius 2 is 1.02 bits per heavy atom. The molecule has 1 rings (SSSR count). The van der Waals surface area contributed by atoms with Crippen molar-refractivity contribution in [3.63, 3.8) is 0 Å². The number of aromatic nitrogens is 1. The van der Waals surface area contributed by atoms with Crippen LogP contribution in [0.4, 0.5) is 14.4 Å². The number of carbonyl (C=O) groups is 3. The van der Waals surface area contributed by atoms with E-state index in [1.807, 2.05) is 87.4 Å². The van der Waals surface area contributed by atoms with Gasteiger partial charge in [-0.2, -0.15) is 0 Å². The summed E-state index contributed by atoms with van der Waals surface area (Å²) in [6.45, 7) is 21.2. The second-order valence-electron chi connectivity index (χ2n) is 13.2. The van der Waals surface area contributed by atoms with Crippen molar-refractivity contribution in [2.75, 3.05) is 39.3 Å². The van der Waals surface area contributed by atoms with E-state index >= 15 is 0 Å². The summed E-state index contributed by atoms with van der Waals surface area (Å²) in [5.41, 5.74) is -0.965. The maximum Gasteiger partial charge on any atom is 0.410 e. The van der Waals surface area contributed by atoms with Crippen LogP contribution < -0.4 is 0 Å². The third-order valence-corrected chi connectivity index (χ3v) is 5.52. The topological polar surface area (TPSA) is 102 Å². The van der Waals surface area contributed by atoms with Gasteiger partial charge in [0.15, 0.2) is 0 Å². The molecule has 41 heavy (non-hydrogen) atoms. The maximum atomic E-state index is 13.1. The predicted molar refractivity (Wildman–Crippen MR) is 161 cm³/mol. The van der Waals surface area contributed by atoms with Crippen LogP contribution in [0.15, 0.2) is 24.4 Å². The Labute approximate surface area is 247 Å². The second kappa shape index (κ2) is 16.4. The van der Waals surface area contributed by atoms with Gasteiger partial charge < -0.3 is 28.9 Å². The van der Waals surface area contributed by atoms with Crippen LogP contribution in [0.5, 0.6) is 0 Å². The van der Waals surface area contributed by atoms with Crippen molar-refractivity contribution in [3.05, 3.63) is 30.1 Å². The van der Waals surface area contributed by atoms with Gasteiger partial charge in [-0.1, -0.05) is 13.0 Å². The zero-order valence-electron chi connectivity index (χ0n) is 27.1. The van der Waals surface area contributed by atoms with Crippen LogP contribution in [-0.2, 0) is 20.6 Å². The molecule has 0 saturated carbocycles. The van der Waals surface area contributed by atoms with Gasteiger partial charge in [0.1, 0.15) is 16.8 Å². The molecule has 0 unspecified atom stereocenters. The molecule has 10 nitrogen and oxygen atoms in total. The fourth-order valence-corrected chi connectivity index (χ4v) is 3.83. The summed E-state index contributed by atoms with van der Waals surface area (Å²) >= 11 is 0. The molecule has 234 valence electrons. The Hall–Kier alpha value is -3.04. The number of carbonyl (C=O) groups excluding carboxylic acids is 3. The van der Waals surface area contributed by atoms with Gasteiger partial charge in [0.05, 0.1) is 0 Å². The van der Waals surface area contributed by atoms with Gasteiger partial charge in [0.25, 0.3) is 0 Å². The Morgan fingerprint density at radius 1 is 0.634 bits per heavy atom. The smallest absolute Gasteiger partial charge is 0.410 e. The lowest BCUT2D eigenvalue weighted by Gasteiger charge is -2.31. The fourth-order valence-electron chi connectivity index (χ4n) is 3.83. The first-order valence-corrected chi connectivity index (χ1v) is 14.7. The quantitative estimate of drug-likeness (QED) is 0.245. The minimum absolute atomic E-state index is 0.357. The molecular formula is C31H54N4O6. The number of amides is 3. The summed E-state index contributed by atoms with van der Waals surface area (Å²) in [5, 5.41) is 0. The molecule has 1 heterocycles. The van der Waals surface area contributed by atoms with Crippen LogP contribution in [0.1, 0.15) is 94.2 Å². The molecule has 0 atom stereocenters. The molecule has 0 aliphatic heterocycles. The normalized spacial score (nSPS) is 12.0. The van der Waals surface area contributed by atoms with Crippen molar-refractivity contribution < 1.29 is 28.6 Å². The van der Waals surface area contributed by atoms with E-state index in [9.17, 15) is 14.4 Å². The van der Waals surface area contributed by atoms with Gasteiger partial charge in [-0.3, -0.25) is 4.98 Å². The third-order valence-electron chi connectivity index (χ3n) is 5.52. The molecule has 1 aromatic heterocycles. The van der Waals surface area contributed by atoms with E-state index < -0.39 is 29.0 Å². The first-order chi connectivity index (χ1) is 18.9. The van der Waals surface area contributed by atoms with Gasteiger partial charge in [0, 0.05) is 57.6 Å². The zero-order chi connectivity index (χ0) is 31.3. The van der Waals surface area contributed by atoms with E-state index in [0.29, 0.717) is 58.5 Å². The summed E-state index contributed by atoms with van der Waals surface area (Å²) in [6.07, 6.45) is 3.04. The molecule has 1 aromatic rings. The summed E-state index contributed by atoms with van der Waals surface area (Å²) in [6, 6.07) is 5.70. The van der Waals surface area contributed by atoms with Gasteiger partial charge in [-0.05, 0) is 93.7 Å². The van der Waals surface area contributed by atoms with Crippen LogP contribution in [-0.4, -0.2) is 94.0 Å². The first-order valence-electron chi connectivity index (χ1n) is 14.7. The van der Waals surface area contributed by atoms with Crippen LogP contribution in [0.2, 0.25) is 0 Å². The lowest BCUT2D eigenvalue weighted by Crippen LogP contribution is -2.43. The van der Waals surface area contributed by atoms with Gasteiger partial charge in [0.2, 0.25) is 0 Å². The fraction of sp³-hybridized carbons (Fsp3) is 0.742. The number of hydrogen-bond donors (Lipinski definition) is 0. The average Bonchev–Trinajstić information content (AvgIpc) is 2.81. The van der Waals surface area contributed by atoms with E-state index in [1.54, 1.807) is 20.9 Å². The van der Waals surface area contributed by atoms with Crippen molar-refractivity contribution >= 4 is 18.3 Å². The Kier molecular flexibility index (Phi) is 14.4. The SMILES string of the molecule is CCCN(CCCN(CCCN(CCc1ccccn1)C(=O)OC(C)(C)C)C(=O)OC(C)(C)C)C(=O)OC(C)(C)C. The Morgan fingerprint density at radius 3 is 1.37 bits per heavy atom. The molecule has 0 N–H and O–H groups in total. The lowest BCUT2D eigenvalue weighted by atomic mass is 10.2. The average molecular weight is 579 g/mol. The first kappa shape index (κ1) is 36.0. The summed E-state index contributed by atoms with van der Waals surface area (Å²) in [7, 11) is 0. The van der Waals surface area contributed by atoms with Gasteiger partial charge in [-0.15, -0.1) is 0 Å². The summed E-state index contributed by atoms with van der Waals surface area (Å²) < 4.78 is 16.9. The largest absolute Gasteiger partial charge is 0.444 e. The number of nitrogens with zero attached hydrogens (tertiary/aromatic N) is 4. The number of ether oxygens (including phenoxy) is 3. The van der Waals surface area contributed by atoms with Crippen molar-refractivity contribution in [3.8, 4) is 0 Å². The third kappa shape index (κ3) is 16.7. The Bertz CT molecular complexity index is 935. The van der Waals surface area contributed by atoms with Crippen LogP contribution in [0.25, 0.3) is 0 Å². The highest BCUT2D eigenvalue weighted by Gasteiger charge is 2.26. The minimum atomic E-state index is -0.647. The highest BCUT2D eigenvalue weighted by atomic mass is 16.6. The molecule has 0 aliphatic carbocycles. The summed E-state index contributed by atoms with van der Waals surface area (Å²) in [5.74, 6) is 0. The van der Waals surface area contributed by atoms with Crippen molar-refractivity contribution in [1.29, 1.82) is 0 Å². The molecule has 3 amide bonds. The van der Waals surface area contributed by atoms with Gasteiger partial charge >= 0.3 is 18.3 Å². The van der Waals surface area contributed by atoms with E-state index in [2.05, 4.69) is 4.98 Å². The molecule has 10 heteroatoms. The number of rotatable bonds is 13. The van der Waals surface area contributed by atoms with Crippen LogP contribution >= 0.6 is 0 Å². The molecule has 0 fully saturated rings. The van der Waals surface area contributed by atoms with E-state index in [0.717, 1.165) is 12.1 Å². The van der Waals surface area contributed by atoms with Crippen LogP contribution in [0, 0.1) is 0 Å². The molecule has 0 spiro atoms. The highest BCUT2D eigenvalue weighted by Crippen LogP contribution is 2.15. The second-order valence-corrected chi connectivity index (χ2v) is 13.2. The standard InChI is InChI=1S/C31H54N4O6/c1-11-19-33(26(36)39-29(2,3)4)20-14-21-34(27(37)40-30(5,6)7)22-15-23-35(28(38)41-31(8,9)10)24-17-25-16-12-13-18-32-25/h12-13,16,18H,11,14-15,17,19-24H2,1-10H3. The van der Waals surface area contributed by atoms with Gasteiger partial charge in [-0.25, -0.2) is 14.4 Å². The molecule has 0 radical (unpaired) electrons. The Balaban J connectivity index is 2.89. The molecule has 0 saturated heterocycles. The zero-order valence-corrected chi connectivity index (χ0v) is 27.1. The van der Waals surface area contributed by atoms with Crippen LogP contribution in [0.3, 0.4) is 0 Å². The monoisotopic (exact) mass is 578 g/mol. The minimum Gasteiger partial charge on any atom is -0.444 e. The summed E-state index contributed by atoms with van der Waals surface area (Å²) in [4.78, 5) is 48.1. The molecule has 0 aromatic carbocycles. The molecule has 0 bridgehead atoms. The van der Waals surface area contributed by atoms with Crippen molar-refractivity contribution in [2.45, 2.75) is 112 Å². The van der Waals surface area contributed by atoms with Crippen molar-refractivity contribution in [1.82, 2.24) is 19.7 Å². The van der Waals surface area contributed by atoms with E-state index in [4.69, 9.17) is 14.2 Å². The number of pyridine rings is 1. The molecular weight excluding hydrogens is 524 g/mol. The van der Waals surface area contributed by atoms with E-state index in [1.165, 1.54) is 0 Å². The van der Waals surface area contributed by atoms with Crippen molar-refractivity contribution in [2.24, 2.45) is 0 Å².